The van der Waals surface area contributed by atoms with Crippen molar-refractivity contribution < 1.29 is 9.47 Å². The van der Waals surface area contributed by atoms with Gasteiger partial charge in [-0.2, -0.15) is 0 Å². The van der Waals surface area contributed by atoms with Gasteiger partial charge in [0, 0.05) is 19.6 Å². The van der Waals surface area contributed by atoms with Crippen molar-refractivity contribution in [2.24, 2.45) is 0 Å². The number of likely N-dealkylation sites (N-methyl/N-ethyl adjacent to an activating group) is 1. The molecule has 0 radical (unpaired) electrons. The minimum absolute atomic E-state index is 0. The van der Waals surface area contributed by atoms with Crippen molar-refractivity contribution in [2.45, 2.75) is 20.4 Å². The molecule has 0 aliphatic carbocycles. The van der Waals surface area contributed by atoms with Crippen LogP contribution < -0.4 is 14.8 Å². The zero-order chi connectivity index (χ0) is 16.4. The van der Waals surface area contributed by atoms with Gasteiger partial charge in [0.05, 0.1) is 12.1 Å². The molecule has 4 nitrogen and oxygen atoms in total. The van der Waals surface area contributed by atoms with Crippen LogP contribution in [0.2, 0.25) is 5.02 Å². The molecule has 0 atom stereocenters. The molecule has 24 heavy (non-hydrogen) atoms. The molecular formula is C17H29Cl3N2O2. The van der Waals surface area contributed by atoms with Gasteiger partial charge in [0.1, 0.15) is 6.61 Å². The van der Waals surface area contributed by atoms with Crippen molar-refractivity contribution >= 4 is 36.4 Å². The first-order valence-electron chi connectivity index (χ1n) is 7.69. The maximum atomic E-state index is 6.28. The Kier molecular flexibility index (Phi) is 15.6. The second kappa shape index (κ2) is 14.7. The lowest BCUT2D eigenvalue weighted by molar-refractivity contribution is 0.302. The number of nitrogens with zero attached hydrogens (tertiary/aromatic N) is 1. The quantitative estimate of drug-likeness (QED) is 0.447. The van der Waals surface area contributed by atoms with Crippen LogP contribution in [0, 0.1) is 0 Å². The van der Waals surface area contributed by atoms with Gasteiger partial charge >= 0.3 is 0 Å². The molecule has 0 spiro atoms. The maximum absolute atomic E-state index is 6.28. The number of benzene rings is 1. The van der Waals surface area contributed by atoms with E-state index < -0.39 is 0 Å². The fourth-order valence-electron chi connectivity index (χ4n) is 2.17. The Hall–Kier alpha value is -0.650. The molecule has 0 saturated heterocycles. The predicted octanol–water partition coefficient (Wildman–Crippen LogP) is 4.19. The Balaban J connectivity index is 0. The first-order chi connectivity index (χ1) is 10.7. The molecule has 0 fully saturated rings. The van der Waals surface area contributed by atoms with Crippen LogP contribution in [0.4, 0.5) is 0 Å². The average molecular weight is 400 g/mol. The number of ether oxygens (including phenoxy) is 2. The fourth-order valence-corrected chi connectivity index (χ4v) is 2.46. The molecule has 0 amide bonds. The Morgan fingerprint density at radius 2 is 1.92 bits per heavy atom. The van der Waals surface area contributed by atoms with Crippen LogP contribution >= 0.6 is 36.4 Å². The monoisotopic (exact) mass is 398 g/mol. The van der Waals surface area contributed by atoms with E-state index in [1.54, 1.807) is 13.2 Å². The van der Waals surface area contributed by atoms with Gasteiger partial charge in [-0.1, -0.05) is 38.1 Å². The van der Waals surface area contributed by atoms with Crippen molar-refractivity contribution in [2.75, 3.05) is 39.9 Å². The second-order valence-corrected chi connectivity index (χ2v) is 5.32. The fraction of sp³-hybridized carbons (Fsp3) is 0.529. The molecule has 1 rings (SSSR count). The van der Waals surface area contributed by atoms with Gasteiger partial charge in [-0.3, -0.25) is 0 Å². The standard InChI is InChI=1S/C17H27ClN2O2.2ClH/c1-5-10-22-17-15(18)11-14(12-16(17)21-4)13-19-8-9-20(6-2)7-3;;/h5,11-12,19H,1,6-10,13H2,2-4H3;2*1H. The van der Waals surface area contributed by atoms with Gasteiger partial charge in [0.15, 0.2) is 11.5 Å². The Bertz CT molecular complexity index is 469. The summed E-state index contributed by atoms with van der Waals surface area (Å²) in [6, 6.07) is 3.86. The highest BCUT2D eigenvalue weighted by Crippen LogP contribution is 2.36. The van der Waals surface area contributed by atoms with Crippen molar-refractivity contribution in [3.05, 3.63) is 35.4 Å². The number of hydrogen-bond donors (Lipinski definition) is 1. The summed E-state index contributed by atoms with van der Waals surface area (Å²) >= 11 is 6.28. The van der Waals surface area contributed by atoms with E-state index in [1.165, 1.54) is 0 Å². The molecule has 1 aromatic rings. The van der Waals surface area contributed by atoms with E-state index in [-0.39, 0.29) is 24.8 Å². The summed E-state index contributed by atoms with van der Waals surface area (Å²) in [4.78, 5) is 2.38. The average Bonchev–Trinajstić information content (AvgIpc) is 2.53. The molecule has 0 bridgehead atoms. The molecule has 1 N–H and O–H groups in total. The lowest BCUT2D eigenvalue weighted by Crippen LogP contribution is -2.31. The Morgan fingerprint density at radius 3 is 2.46 bits per heavy atom. The highest BCUT2D eigenvalue weighted by molar-refractivity contribution is 6.32. The summed E-state index contributed by atoms with van der Waals surface area (Å²) in [6.07, 6.45) is 1.68. The molecule has 0 unspecified atom stereocenters. The summed E-state index contributed by atoms with van der Waals surface area (Å²) in [7, 11) is 1.62. The van der Waals surface area contributed by atoms with Crippen LogP contribution in [0.25, 0.3) is 0 Å². The molecule has 0 heterocycles. The third kappa shape index (κ3) is 8.45. The zero-order valence-corrected chi connectivity index (χ0v) is 17.0. The number of rotatable bonds is 11. The molecule has 1 aromatic carbocycles. The van der Waals surface area contributed by atoms with E-state index in [9.17, 15) is 0 Å². The van der Waals surface area contributed by atoms with Crippen LogP contribution in [-0.2, 0) is 6.54 Å². The van der Waals surface area contributed by atoms with E-state index in [0.717, 1.165) is 38.3 Å². The topological polar surface area (TPSA) is 33.7 Å². The Morgan fingerprint density at radius 1 is 1.25 bits per heavy atom. The Labute approximate surface area is 163 Å². The largest absolute Gasteiger partial charge is 0.493 e. The van der Waals surface area contributed by atoms with Crippen LogP contribution in [0.3, 0.4) is 0 Å². The molecule has 0 aromatic heterocycles. The lowest BCUT2D eigenvalue weighted by Gasteiger charge is -2.18. The molecule has 140 valence electrons. The number of hydrogen-bond acceptors (Lipinski definition) is 4. The van der Waals surface area contributed by atoms with Gasteiger partial charge in [-0.15, -0.1) is 24.8 Å². The van der Waals surface area contributed by atoms with Gasteiger partial charge < -0.3 is 19.7 Å². The maximum Gasteiger partial charge on any atom is 0.180 e. The lowest BCUT2D eigenvalue weighted by atomic mass is 10.2. The number of nitrogens with one attached hydrogen (secondary N) is 1. The number of halogens is 3. The minimum atomic E-state index is 0. The van der Waals surface area contributed by atoms with Crippen molar-refractivity contribution in [3.8, 4) is 11.5 Å². The highest BCUT2D eigenvalue weighted by Gasteiger charge is 2.11. The molecular weight excluding hydrogens is 371 g/mol. The van der Waals surface area contributed by atoms with E-state index in [4.69, 9.17) is 21.1 Å². The van der Waals surface area contributed by atoms with Gasteiger partial charge in [-0.05, 0) is 30.8 Å². The van der Waals surface area contributed by atoms with E-state index >= 15 is 0 Å². The van der Waals surface area contributed by atoms with Crippen LogP contribution in [0.15, 0.2) is 24.8 Å². The second-order valence-electron chi connectivity index (χ2n) is 4.91. The summed E-state index contributed by atoms with van der Waals surface area (Å²) in [6.45, 7) is 13.3. The summed E-state index contributed by atoms with van der Waals surface area (Å²) in [5.74, 6) is 1.21. The predicted molar refractivity (Wildman–Crippen MR) is 108 cm³/mol. The third-order valence-electron chi connectivity index (χ3n) is 3.46. The van der Waals surface area contributed by atoms with E-state index in [1.807, 2.05) is 12.1 Å². The summed E-state index contributed by atoms with van der Waals surface area (Å²) in [5, 5.41) is 3.99. The highest BCUT2D eigenvalue weighted by atomic mass is 35.5. The van der Waals surface area contributed by atoms with Crippen LogP contribution in [0.1, 0.15) is 19.4 Å². The van der Waals surface area contributed by atoms with Crippen LogP contribution in [0.5, 0.6) is 11.5 Å². The first-order valence-corrected chi connectivity index (χ1v) is 8.07. The minimum Gasteiger partial charge on any atom is -0.493 e. The van der Waals surface area contributed by atoms with Crippen molar-refractivity contribution in [3.63, 3.8) is 0 Å². The normalized spacial score (nSPS) is 9.88. The van der Waals surface area contributed by atoms with Gasteiger partial charge in [-0.25, -0.2) is 0 Å². The molecule has 0 aliphatic rings. The van der Waals surface area contributed by atoms with Crippen molar-refractivity contribution in [1.82, 2.24) is 10.2 Å². The molecule has 0 aliphatic heterocycles. The van der Waals surface area contributed by atoms with Gasteiger partial charge in [0.25, 0.3) is 0 Å². The van der Waals surface area contributed by atoms with Gasteiger partial charge in [0.2, 0.25) is 0 Å². The summed E-state index contributed by atoms with van der Waals surface area (Å²) < 4.78 is 10.9. The molecule has 0 saturated carbocycles. The zero-order valence-electron chi connectivity index (χ0n) is 14.6. The van der Waals surface area contributed by atoms with E-state index in [0.29, 0.717) is 23.1 Å². The third-order valence-corrected chi connectivity index (χ3v) is 3.74. The van der Waals surface area contributed by atoms with Crippen molar-refractivity contribution in [1.29, 1.82) is 0 Å². The van der Waals surface area contributed by atoms with Crippen LogP contribution in [-0.4, -0.2) is 44.8 Å². The summed E-state index contributed by atoms with van der Waals surface area (Å²) in [5.41, 5.74) is 1.08. The first kappa shape index (κ1) is 25.6. The number of methoxy groups -OCH3 is 1. The smallest absolute Gasteiger partial charge is 0.180 e. The molecule has 7 heteroatoms. The van der Waals surface area contributed by atoms with E-state index in [2.05, 4.69) is 30.6 Å². The SMILES string of the molecule is C=CCOc1c(Cl)cc(CNCCN(CC)CC)cc1OC.Cl.Cl.